The van der Waals surface area contributed by atoms with Gasteiger partial charge in [-0.3, -0.25) is 0 Å². The monoisotopic (exact) mass is 353 g/mol. The van der Waals surface area contributed by atoms with Crippen molar-refractivity contribution in [1.82, 2.24) is 15.0 Å². The molecule has 7 heteroatoms. The fourth-order valence-electron chi connectivity index (χ4n) is 1.71. The van der Waals surface area contributed by atoms with Crippen molar-refractivity contribution < 1.29 is 13.9 Å². The van der Waals surface area contributed by atoms with Crippen molar-refractivity contribution in [2.45, 2.75) is 13.5 Å². The van der Waals surface area contributed by atoms with Gasteiger partial charge in [-0.15, -0.1) is 5.10 Å². The maximum atomic E-state index is 13.8. The molecule has 0 fully saturated rings. The highest BCUT2D eigenvalue weighted by Gasteiger charge is 2.18. The summed E-state index contributed by atoms with van der Waals surface area (Å²) in [4.78, 5) is 11.7. The van der Waals surface area contributed by atoms with E-state index in [-0.39, 0.29) is 24.7 Å². The standard InChI is InChI=1S/C14H13BrFN3O2/c1-3-6-21-14(20)13-9(2)19(18-17-13)8-10-4-5-11(15)7-12(10)16/h3-5,7H,1,6,8H2,2H3. The van der Waals surface area contributed by atoms with Gasteiger partial charge in [0, 0.05) is 10.0 Å². The number of nitrogens with zero attached hydrogens (tertiary/aromatic N) is 3. The van der Waals surface area contributed by atoms with Gasteiger partial charge in [0.2, 0.25) is 0 Å². The van der Waals surface area contributed by atoms with Gasteiger partial charge >= 0.3 is 5.97 Å². The van der Waals surface area contributed by atoms with Crippen LogP contribution in [0.2, 0.25) is 0 Å². The van der Waals surface area contributed by atoms with E-state index in [9.17, 15) is 9.18 Å². The van der Waals surface area contributed by atoms with Crippen LogP contribution in [-0.2, 0) is 11.3 Å². The van der Waals surface area contributed by atoms with E-state index in [1.807, 2.05) is 0 Å². The summed E-state index contributed by atoms with van der Waals surface area (Å²) in [7, 11) is 0. The van der Waals surface area contributed by atoms with Gasteiger partial charge in [0.25, 0.3) is 0 Å². The molecule has 2 rings (SSSR count). The average molecular weight is 354 g/mol. The summed E-state index contributed by atoms with van der Waals surface area (Å²) in [5.74, 6) is -0.926. The summed E-state index contributed by atoms with van der Waals surface area (Å²) in [6.07, 6.45) is 1.47. The molecule has 1 heterocycles. The topological polar surface area (TPSA) is 57.0 Å². The minimum absolute atomic E-state index is 0.104. The zero-order valence-electron chi connectivity index (χ0n) is 11.3. The molecule has 1 aromatic carbocycles. The van der Waals surface area contributed by atoms with E-state index in [1.54, 1.807) is 19.1 Å². The summed E-state index contributed by atoms with van der Waals surface area (Å²) < 4.78 is 20.8. The van der Waals surface area contributed by atoms with Crippen LogP contribution < -0.4 is 0 Å². The van der Waals surface area contributed by atoms with Crippen molar-refractivity contribution in [3.05, 3.63) is 58.1 Å². The van der Waals surface area contributed by atoms with Crippen molar-refractivity contribution in [3.63, 3.8) is 0 Å². The first kappa shape index (κ1) is 15.4. The third-order valence-electron chi connectivity index (χ3n) is 2.84. The lowest BCUT2D eigenvalue weighted by Gasteiger charge is -2.06. The number of hydrogen-bond acceptors (Lipinski definition) is 4. The van der Waals surface area contributed by atoms with Crippen molar-refractivity contribution in [1.29, 1.82) is 0 Å². The van der Waals surface area contributed by atoms with Crippen LogP contribution in [-0.4, -0.2) is 27.6 Å². The third kappa shape index (κ3) is 3.55. The predicted octanol–water partition coefficient (Wildman–Crippen LogP) is 2.88. The smallest absolute Gasteiger partial charge is 0.361 e. The third-order valence-corrected chi connectivity index (χ3v) is 3.34. The molecule has 2 aromatic rings. The quantitative estimate of drug-likeness (QED) is 0.612. The van der Waals surface area contributed by atoms with Gasteiger partial charge in [0.15, 0.2) is 5.69 Å². The van der Waals surface area contributed by atoms with Crippen LogP contribution in [0.5, 0.6) is 0 Å². The molecule has 0 bridgehead atoms. The first-order valence-corrected chi connectivity index (χ1v) is 6.94. The zero-order chi connectivity index (χ0) is 15.4. The number of carbonyl (C=O) groups is 1. The van der Waals surface area contributed by atoms with Crippen molar-refractivity contribution >= 4 is 21.9 Å². The number of halogens is 2. The van der Waals surface area contributed by atoms with E-state index in [1.165, 1.54) is 16.8 Å². The van der Waals surface area contributed by atoms with Crippen molar-refractivity contribution in [3.8, 4) is 0 Å². The molecule has 0 spiro atoms. The van der Waals surface area contributed by atoms with E-state index in [0.717, 1.165) is 0 Å². The minimum Gasteiger partial charge on any atom is -0.457 e. The lowest BCUT2D eigenvalue weighted by molar-refractivity contribution is 0.0542. The molecule has 0 aliphatic heterocycles. The molecule has 0 saturated heterocycles. The highest BCUT2D eigenvalue weighted by molar-refractivity contribution is 9.10. The van der Waals surface area contributed by atoms with Crippen LogP contribution in [0.3, 0.4) is 0 Å². The maximum absolute atomic E-state index is 13.8. The molecule has 110 valence electrons. The first-order valence-electron chi connectivity index (χ1n) is 6.15. The number of hydrogen-bond donors (Lipinski definition) is 0. The van der Waals surface area contributed by atoms with Crippen LogP contribution >= 0.6 is 15.9 Å². The van der Waals surface area contributed by atoms with Crippen LogP contribution in [0, 0.1) is 12.7 Å². The van der Waals surface area contributed by atoms with E-state index in [2.05, 4.69) is 32.8 Å². The van der Waals surface area contributed by atoms with Gasteiger partial charge in [0.1, 0.15) is 12.4 Å². The largest absolute Gasteiger partial charge is 0.457 e. The molecule has 0 atom stereocenters. The molecule has 0 radical (unpaired) electrons. The molecule has 0 unspecified atom stereocenters. The Kier molecular flexibility index (Phi) is 4.85. The zero-order valence-corrected chi connectivity index (χ0v) is 12.9. The maximum Gasteiger partial charge on any atom is 0.361 e. The van der Waals surface area contributed by atoms with Crippen LogP contribution in [0.25, 0.3) is 0 Å². The average Bonchev–Trinajstić information content (AvgIpc) is 2.81. The Bertz CT molecular complexity index is 685. The normalized spacial score (nSPS) is 10.4. The van der Waals surface area contributed by atoms with E-state index in [0.29, 0.717) is 15.7 Å². The summed E-state index contributed by atoms with van der Waals surface area (Å²) in [5, 5.41) is 7.65. The fraction of sp³-hybridized carbons (Fsp3) is 0.214. The summed E-state index contributed by atoms with van der Waals surface area (Å²) in [6, 6.07) is 4.76. The second-order valence-corrected chi connectivity index (χ2v) is 5.22. The van der Waals surface area contributed by atoms with Gasteiger partial charge in [-0.2, -0.15) is 0 Å². The Morgan fingerprint density at radius 3 is 3.00 bits per heavy atom. The van der Waals surface area contributed by atoms with Crippen LogP contribution in [0.4, 0.5) is 4.39 Å². The van der Waals surface area contributed by atoms with Crippen molar-refractivity contribution in [2.24, 2.45) is 0 Å². The molecule has 21 heavy (non-hydrogen) atoms. The lowest BCUT2D eigenvalue weighted by Crippen LogP contribution is -2.09. The number of benzene rings is 1. The van der Waals surface area contributed by atoms with E-state index in [4.69, 9.17) is 4.74 Å². The Labute approximate surface area is 129 Å². The number of rotatable bonds is 5. The Morgan fingerprint density at radius 1 is 1.57 bits per heavy atom. The number of carbonyl (C=O) groups excluding carboxylic acids is 1. The van der Waals surface area contributed by atoms with Gasteiger partial charge in [-0.1, -0.05) is 39.9 Å². The molecule has 0 amide bonds. The highest BCUT2D eigenvalue weighted by atomic mass is 79.9. The number of esters is 1. The van der Waals surface area contributed by atoms with Gasteiger partial charge < -0.3 is 4.74 Å². The Balaban J connectivity index is 2.20. The van der Waals surface area contributed by atoms with Gasteiger partial charge in [-0.25, -0.2) is 13.9 Å². The molecule has 1 aromatic heterocycles. The lowest BCUT2D eigenvalue weighted by atomic mass is 10.2. The molecule has 0 N–H and O–H groups in total. The molecule has 0 aliphatic rings. The molecule has 0 aliphatic carbocycles. The van der Waals surface area contributed by atoms with Gasteiger partial charge in [-0.05, 0) is 19.1 Å². The predicted molar refractivity (Wildman–Crippen MR) is 78.4 cm³/mol. The first-order chi connectivity index (χ1) is 10.0. The fourth-order valence-corrected chi connectivity index (χ4v) is 2.05. The Hall–Kier alpha value is -2.02. The Morgan fingerprint density at radius 2 is 2.33 bits per heavy atom. The summed E-state index contributed by atoms with van der Waals surface area (Å²) in [6.45, 7) is 5.44. The second kappa shape index (κ2) is 6.62. The highest BCUT2D eigenvalue weighted by Crippen LogP contribution is 2.17. The van der Waals surface area contributed by atoms with Crippen molar-refractivity contribution in [2.75, 3.05) is 6.61 Å². The molecule has 5 nitrogen and oxygen atoms in total. The molecular weight excluding hydrogens is 341 g/mol. The summed E-state index contributed by atoms with van der Waals surface area (Å²) in [5.41, 5.74) is 1.10. The summed E-state index contributed by atoms with van der Waals surface area (Å²) >= 11 is 3.20. The van der Waals surface area contributed by atoms with Crippen LogP contribution in [0.1, 0.15) is 21.7 Å². The molecule has 0 saturated carbocycles. The number of aromatic nitrogens is 3. The van der Waals surface area contributed by atoms with Crippen LogP contribution in [0.15, 0.2) is 35.3 Å². The number of ether oxygens (including phenoxy) is 1. The van der Waals surface area contributed by atoms with E-state index >= 15 is 0 Å². The minimum atomic E-state index is -0.574. The second-order valence-electron chi connectivity index (χ2n) is 4.30. The van der Waals surface area contributed by atoms with E-state index < -0.39 is 5.97 Å². The van der Waals surface area contributed by atoms with Gasteiger partial charge in [0.05, 0.1) is 12.2 Å². The molecular formula is C14H13BrFN3O2. The SMILES string of the molecule is C=CCOC(=O)c1nnn(Cc2ccc(Br)cc2F)c1C.